The largest absolute Gasteiger partial charge is 0.312 e. The second-order valence-electron chi connectivity index (χ2n) is 6.10. The molecule has 0 fully saturated rings. The van der Waals surface area contributed by atoms with Gasteiger partial charge in [-0.2, -0.15) is 4.80 Å². The van der Waals surface area contributed by atoms with E-state index in [0.29, 0.717) is 25.2 Å². The average Bonchev–Trinajstić information content (AvgIpc) is 3.29. The minimum absolute atomic E-state index is 0.161. The number of para-hydroxylation sites is 1. The second-order valence-corrected chi connectivity index (χ2v) is 6.10. The molecule has 6 nitrogen and oxygen atoms in total. The summed E-state index contributed by atoms with van der Waals surface area (Å²) in [4.78, 5) is 15.9. The van der Waals surface area contributed by atoms with Gasteiger partial charge in [0.05, 0.1) is 6.54 Å². The van der Waals surface area contributed by atoms with Gasteiger partial charge in [-0.15, -0.1) is 10.2 Å². The Morgan fingerprint density at radius 3 is 2.72 bits per heavy atom. The lowest BCUT2D eigenvalue weighted by molar-refractivity contribution is -0.118. The van der Waals surface area contributed by atoms with E-state index >= 15 is 0 Å². The van der Waals surface area contributed by atoms with Crippen molar-refractivity contribution in [3.63, 3.8) is 0 Å². The van der Waals surface area contributed by atoms with Gasteiger partial charge in [-0.25, -0.2) is 0 Å². The van der Waals surface area contributed by atoms with Crippen LogP contribution in [0.1, 0.15) is 18.4 Å². The zero-order valence-electron chi connectivity index (χ0n) is 13.9. The number of carbonyl (C=O) groups is 1. The van der Waals surface area contributed by atoms with Gasteiger partial charge < -0.3 is 4.90 Å². The summed E-state index contributed by atoms with van der Waals surface area (Å²) in [6.45, 7) is 1.36. The first-order valence-corrected chi connectivity index (χ1v) is 8.53. The maximum Gasteiger partial charge on any atom is 0.227 e. The van der Waals surface area contributed by atoms with E-state index in [1.54, 1.807) is 4.80 Å². The minimum atomic E-state index is 0.161. The molecule has 6 heteroatoms. The van der Waals surface area contributed by atoms with Crippen molar-refractivity contribution in [1.82, 2.24) is 20.2 Å². The van der Waals surface area contributed by atoms with Crippen LogP contribution >= 0.6 is 0 Å². The molecule has 1 aromatic heterocycles. The summed E-state index contributed by atoms with van der Waals surface area (Å²) in [7, 11) is 0. The Kier molecular flexibility index (Phi) is 4.24. The smallest absolute Gasteiger partial charge is 0.227 e. The van der Waals surface area contributed by atoms with Crippen LogP contribution in [0.5, 0.6) is 0 Å². The van der Waals surface area contributed by atoms with Crippen LogP contribution in [0.25, 0.3) is 11.4 Å². The molecule has 126 valence electrons. The van der Waals surface area contributed by atoms with Gasteiger partial charge in [0.1, 0.15) is 0 Å². The van der Waals surface area contributed by atoms with E-state index in [1.807, 2.05) is 53.4 Å². The monoisotopic (exact) mass is 333 g/mol. The number of carbonyl (C=O) groups excluding carboxylic acids is 1. The second kappa shape index (κ2) is 6.84. The Hall–Kier alpha value is -3.02. The third-order valence-electron chi connectivity index (χ3n) is 4.42. The van der Waals surface area contributed by atoms with Gasteiger partial charge in [-0.05, 0) is 29.7 Å². The summed E-state index contributed by atoms with van der Waals surface area (Å²) in [6, 6.07) is 17.9. The highest BCUT2D eigenvalue weighted by atomic mass is 16.2. The summed E-state index contributed by atoms with van der Waals surface area (Å²) >= 11 is 0. The number of amides is 1. The number of fused-ring (bicyclic) bond motifs is 1. The Bertz CT molecular complexity index is 874. The Morgan fingerprint density at radius 1 is 1.04 bits per heavy atom. The molecule has 0 atom stereocenters. The number of aryl methyl sites for hydroxylation is 1. The van der Waals surface area contributed by atoms with Crippen molar-refractivity contribution < 1.29 is 4.79 Å². The molecule has 0 bridgehead atoms. The predicted molar refractivity (Wildman–Crippen MR) is 95.0 cm³/mol. The van der Waals surface area contributed by atoms with E-state index in [4.69, 9.17) is 0 Å². The lowest BCUT2D eigenvalue weighted by Crippen LogP contribution is -2.28. The van der Waals surface area contributed by atoms with Gasteiger partial charge in [-0.3, -0.25) is 4.79 Å². The lowest BCUT2D eigenvalue weighted by Gasteiger charge is -2.17. The van der Waals surface area contributed by atoms with Gasteiger partial charge in [-0.1, -0.05) is 48.5 Å². The normalized spacial score (nSPS) is 13.0. The Balaban J connectivity index is 1.33. The highest BCUT2D eigenvalue weighted by Crippen LogP contribution is 2.28. The Morgan fingerprint density at radius 2 is 1.84 bits per heavy atom. The fraction of sp³-hybridized carbons (Fsp3) is 0.263. The fourth-order valence-electron chi connectivity index (χ4n) is 3.14. The van der Waals surface area contributed by atoms with Crippen LogP contribution < -0.4 is 4.90 Å². The molecule has 1 aliphatic rings. The molecule has 0 N–H and O–H groups in total. The number of aromatic nitrogens is 4. The number of anilines is 1. The quantitative estimate of drug-likeness (QED) is 0.720. The summed E-state index contributed by atoms with van der Waals surface area (Å²) in [5.74, 6) is 0.772. The number of rotatable bonds is 5. The molecule has 0 saturated carbocycles. The number of tetrazole rings is 1. The van der Waals surface area contributed by atoms with Crippen molar-refractivity contribution in [3.05, 3.63) is 60.2 Å². The first-order chi connectivity index (χ1) is 12.3. The predicted octanol–water partition coefficient (Wildman–Crippen LogP) is 2.71. The molecule has 2 heterocycles. The van der Waals surface area contributed by atoms with E-state index < -0.39 is 0 Å². The van der Waals surface area contributed by atoms with Crippen molar-refractivity contribution in [1.29, 1.82) is 0 Å². The van der Waals surface area contributed by atoms with Gasteiger partial charge in [0.15, 0.2) is 0 Å². The molecular weight excluding hydrogens is 314 g/mol. The van der Waals surface area contributed by atoms with E-state index in [9.17, 15) is 4.79 Å². The molecule has 3 aromatic rings. The van der Waals surface area contributed by atoms with E-state index in [0.717, 1.165) is 24.2 Å². The third kappa shape index (κ3) is 3.28. The van der Waals surface area contributed by atoms with Crippen molar-refractivity contribution >= 4 is 11.6 Å². The maximum atomic E-state index is 12.5. The summed E-state index contributed by atoms with van der Waals surface area (Å²) in [5, 5.41) is 12.5. The van der Waals surface area contributed by atoms with Crippen LogP contribution in [-0.4, -0.2) is 32.7 Å². The molecule has 0 radical (unpaired) electrons. The van der Waals surface area contributed by atoms with Gasteiger partial charge in [0.2, 0.25) is 11.7 Å². The minimum Gasteiger partial charge on any atom is -0.312 e. The van der Waals surface area contributed by atoms with Crippen LogP contribution in [0.3, 0.4) is 0 Å². The molecular formula is C19H19N5O. The molecule has 1 amide bonds. The molecule has 0 unspecified atom stereocenters. The van der Waals surface area contributed by atoms with E-state index in [2.05, 4.69) is 21.5 Å². The highest BCUT2D eigenvalue weighted by molar-refractivity contribution is 5.95. The molecule has 0 spiro atoms. The first-order valence-electron chi connectivity index (χ1n) is 8.53. The van der Waals surface area contributed by atoms with Crippen LogP contribution in [0.4, 0.5) is 5.69 Å². The molecule has 25 heavy (non-hydrogen) atoms. The van der Waals surface area contributed by atoms with Crippen LogP contribution in [0.2, 0.25) is 0 Å². The van der Waals surface area contributed by atoms with Crippen LogP contribution in [0, 0.1) is 0 Å². The number of nitrogens with zero attached hydrogens (tertiary/aromatic N) is 5. The van der Waals surface area contributed by atoms with Crippen molar-refractivity contribution in [3.8, 4) is 11.4 Å². The number of benzene rings is 2. The zero-order valence-corrected chi connectivity index (χ0v) is 13.9. The standard InChI is InChI=1S/C19H19N5O/c25-18(23-14-12-15-7-4-5-10-17(15)23)11-6-13-24-21-19(20-22-24)16-8-2-1-3-9-16/h1-5,7-10H,6,11-14H2. The van der Waals surface area contributed by atoms with Gasteiger partial charge in [0.25, 0.3) is 0 Å². The molecule has 0 aliphatic carbocycles. The van der Waals surface area contributed by atoms with E-state index in [1.165, 1.54) is 5.56 Å². The highest BCUT2D eigenvalue weighted by Gasteiger charge is 2.23. The van der Waals surface area contributed by atoms with Crippen molar-refractivity contribution in [2.45, 2.75) is 25.8 Å². The maximum absolute atomic E-state index is 12.5. The zero-order chi connectivity index (χ0) is 17.1. The van der Waals surface area contributed by atoms with Crippen molar-refractivity contribution in [2.75, 3.05) is 11.4 Å². The van der Waals surface area contributed by atoms with Gasteiger partial charge >= 0.3 is 0 Å². The van der Waals surface area contributed by atoms with E-state index in [-0.39, 0.29) is 5.91 Å². The number of hydrogen-bond acceptors (Lipinski definition) is 4. The third-order valence-corrected chi connectivity index (χ3v) is 4.42. The van der Waals surface area contributed by atoms with Crippen LogP contribution in [-0.2, 0) is 17.8 Å². The summed E-state index contributed by atoms with van der Waals surface area (Å²) in [5.41, 5.74) is 3.25. The van der Waals surface area contributed by atoms with Crippen molar-refractivity contribution in [2.24, 2.45) is 0 Å². The van der Waals surface area contributed by atoms with Gasteiger partial charge in [0, 0.05) is 24.2 Å². The lowest BCUT2D eigenvalue weighted by atomic mass is 10.2. The topological polar surface area (TPSA) is 63.9 Å². The SMILES string of the molecule is O=C(CCCn1nnc(-c2ccccc2)n1)N1CCc2ccccc21. The average molecular weight is 333 g/mol. The van der Waals surface area contributed by atoms with Crippen LogP contribution in [0.15, 0.2) is 54.6 Å². The molecule has 2 aromatic carbocycles. The molecule has 0 saturated heterocycles. The number of hydrogen-bond donors (Lipinski definition) is 0. The molecule has 1 aliphatic heterocycles. The molecule has 4 rings (SSSR count). The first kappa shape index (κ1) is 15.5. The summed E-state index contributed by atoms with van der Waals surface area (Å²) < 4.78 is 0. The Labute approximate surface area is 146 Å². The fourth-order valence-corrected chi connectivity index (χ4v) is 3.14. The summed E-state index contributed by atoms with van der Waals surface area (Å²) in [6.07, 6.45) is 2.12.